The number of rotatable bonds is 8. The van der Waals surface area contributed by atoms with Crippen molar-refractivity contribution >= 4 is 11.9 Å². The van der Waals surface area contributed by atoms with Gasteiger partial charge in [0.05, 0.1) is 6.42 Å². The van der Waals surface area contributed by atoms with Gasteiger partial charge in [-0.15, -0.1) is 6.58 Å². The molecule has 4 heteroatoms. The van der Waals surface area contributed by atoms with E-state index in [1.807, 2.05) is 19.1 Å². The Hall–Kier alpha value is -1.84. The smallest absolute Gasteiger partial charge is 0.333 e. The van der Waals surface area contributed by atoms with Crippen molar-refractivity contribution in [3.63, 3.8) is 0 Å². The van der Waals surface area contributed by atoms with Crippen LogP contribution in [0.15, 0.2) is 37.0 Å². The molecule has 0 heterocycles. The molecule has 0 aromatic heterocycles. The Labute approximate surface area is 108 Å². The van der Waals surface area contributed by atoms with Gasteiger partial charge in [0, 0.05) is 11.5 Å². The zero-order valence-electron chi connectivity index (χ0n) is 11.0. The average molecular weight is 252 g/mol. The molecule has 0 aliphatic carbocycles. The lowest BCUT2D eigenvalue weighted by molar-refractivity contribution is -0.150. The minimum Gasteiger partial charge on any atom is -0.462 e. The van der Waals surface area contributed by atoms with E-state index in [9.17, 15) is 9.59 Å². The lowest BCUT2D eigenvalue weighted by atomic mass is 10.1. The Morgan fingerprint density at radius 2 is 1.89 bits per heavy atom. The van der Waals surface area contributed by atoms with Crippen molar-refractivity contribution in [1.82, 2.24) is 0 Å². The molecule has 0 aromatic carbocycles. The highest BCUT2D eigenvalue weighted by Crippen LogP contribution is 2.07. The van der Waals surface area contributed by atoms with Gasteiger partial charge in [0.1, 0.15) is 13.2 Å². The van der Waals surface area contributed by atoms with Crippen LogP contribution in [0.3, 0.4) is 0 Å². The van der Waals surface area contributed by atoms with Crippen LogP contribution < -0.4 is 0 Å². The van der Waals surface area contributed by atoms with Gasteiger partial charge in [-0.3, -0.25) is 4.79 Å². The van der Waals surface area contributed by atoms with Gasteiger partial charge < -0.3 is 9.47 Å². The van der Waals surface area contributed by atoms with Crippen molar-refractivity contribution in [2.45, 2.75) is 20.3 Å². The normalized spacial score (nSPS) is 11.9. The first-order chi connectivity index (χ1) is 8.51. The summed E-state index contributed by atoms with van der Waals surface area (Å²) in [6, 6.07) is 0. The number of esters is 2. The quantitative estimate of drug-likeness (QED) is 0.288. The van der Waals surface area contributed by atoms with Crippen LogP contribution >= 0.6 is 0 Å². The molecular weight excluding hydrogens is 232 g/mol. The molecule has 0 rings (SSSR count). The molecule has 100 valence electrons. The SMILES string of the molecule is C=CC(/C=C/C)CC(=O)OCCOC(=O)C(=C)C. The largest absolute Gasteiger partial charge is 0.462 e. The van der Waals surface area contributed by atoms with Crippen molar-refractivity contribution in [2.75, 3.05) is 13.2 Å². The van der Waals surface area contributed by atoms with Crippen LogP contribution in [0.2, 0.25) is 0 Å². The van der Waals surface area contributed by atoms with E-state index in [1.54, 1.807) is 13.0 Å². The van der Waals surface area contributed by atoms with Crippen LogP contribution in [0.1, 0.15) is 20.3 Å². The maximum Gasteiger partial charge on any atom is 0.333 e. The number of hydrogen-bond donors (Lipinski definition) is 0. The monoisotopic (exact) mass is 252 g/mol. The van der Waals surface area contributed by atoms with Gasteiger partial charge in [-0.2, -0.15) is 0 Å². The molecule has 18 heavy (non-hydrogen) atoms. The van der Waals surface area contributed by atoms with Crippen molar-refractivity contribution in [1.29, 1.82) is 0 Å². The second kappa shape index (κ2) is 9.22. The molecule has 0 N–H and O–H groups in total. The first-order valence-corrected chi connectivity index (χ1v) is 5.74. The molecule has 4 nitrogen and oxygen atoms in total. The molecule has 0 radical (unpaired) electrons. The summed E-state index contributed by atoms with van der Waals surface area (Å²) in [6.45, 7) is 10.6. The molecule has 0 fully saturated rings. The van der Waals surface area contributed by atoms with Crippen molar-refractivity contribution in [3.05, 3.63) is 37.0 Å². The van der Waals surface area contributed by atoms with E-state index in [-0.39, 0.29) is 31.5 Å². The summed E-state index contributed by atoms with van der Waals surface area (Å²) in [5, 5.41) is 0. The molecule has 0 aliphatic rings. The fourth-order valence-corrected chi connectivity index (χ4v) is 1.14. The van der Waals surface area contributed by atoms with Gasteiger partial charge >= 0.3 is 11.9 Å². The molecule has 1 atom stereocenters. The maximum atomic E-state index is 11.4. The maximum absolute atomic E-state index is 11.4. The lowest BCUT2D eigenvalue weighted by Gasteiger charge is -2.08. The summed E-state index contributed by atoms with van der Waals surface area (Å²) >= 11 is 0. The zero-order valence-corrected chi connectivity index (χ0v) is 11.0. The zero-order chi connectivity index (χ0) is 14.0. The van der Waals surface area contributed by atoms with Crippen LogP contribution in [0, 0.1) is 5.92 Å². The fraction of sp³-hybridized carbons (Fsp3) is 0.429. The van der Waals surface area contributed by atoms with E-state index >= 15 is 0 Å². The van der Waals surface area contributed by atoms with Crippen LogP contribution in [-0.2, 0) is 19.1 Å². The number of allylic oxidation sites excluding steroid dienone is 3. The molecule has 0 bridgehead atoms. The standard InChI is InChI=1S/C14H20O4/c1-5-7-12(6-2)10-13(15)17-8-9-18-14(16)11(3)4/h5-7,12H,2-3,8-10H2,1,4H3/b7-5+. The second-order valence-electron chi connectivity index (χ2n) is 3.77. The minimum absolute atomic E-state index is 0.0273. The van der Waals surface area contributed by atoms with E-state index in [1.165, 1.54) is 0 Å². The molecule has 0 saturated heterocycles. The average Bonchev–Trinajstić information content (AvgIpc) is 2.33. The third-order valence-corrected chi connectivity index (χ3v) is 2.07. The van der Waals surface area contributed by atoms with E-state index in [0.717, 1.165) is 0 Å². The molecule has 0 spiro atoms. The Kier molecular flexibility index (Phi) is 8.27. The van der Waals surface area contributed by atoms with Crippen LogP contribution in [-0.4, -0.2) is 25.2 Å². The first-order valence-electron chi connectivity index (χ1n) is 5.74. The number of hydrogen-bond acceptors (Lipinski definition) is 4. The fourth-order valence-electron chi connectivity index (χ4n) is 1.14. The van der Waals surface area contributed by atoms with Gasteiger partial charge in [0.2, 0.25) is 0 Å². The van der Waals surface area contributed by atoms with Crippen molar-refractivity contribution in [2.24, 2.45) is 5.92 Å². The number of carbonyl (C=O) groups excluding carboxylic acids is 2. The third kappa shape index (κ3) is 7.44. The summed E-state index contributed by atoms with van der Waals surface area (Å²) in [5.41, 5.74) is 0.320. The van der Waals surface area contributed by atoms with Gasteiger partial charge in [0.15, 0.2) is 0 Å². The molecule has 0 amide bonds. The Bertz CT molecular complexity index is 342. The second-order valence-corrected chi connectivity index (χ2v) is 3.77. The Balaban J connectivity index is 3.80. The summed E-state index contributed by atoms with van der Waals surface area (Å²) in [7, 11) is 0. The minimum atomic E-state index is -0.482. The van der Waals surface area contributed by atoms with Crippen LogP contribution in [0.4, 0.5) is 0 Å². The summed E-state index contributed by atoms with van der Waals surface area (Å²) in [6.07, 6.45) is 5.65. The number of carbonyl (C=O) groups is 2. The van der Waals surface area contributed by atoms with E-state index in [2.05, 4.69) is 13.2 Å². The molecule has 0 aromatic rings. The highest BCUT2D eigenvalue weighted by atomic mass is 16.6. The highest BCUT2D eigenvalue weighted by Gasteiger charge is 2.09. The van der Waals surface area contributed by atoms with E-state index < -0.39 is 5.97 Å². The summed E-state index contributed by atoms with van der Waals surface area (Å²) in [5.74, 6) is -0.853. The van der Waals surface area contributed by atoms with Crippen molar-refractivity contribution in [3.8, 4) is 0 Å². The topological polar surface area (TPSA) is 52.6 Å². The third-order valence-electron chi connectivity index (χ3n) is 2.07. The van der Waals surface area contributed by atoms with E-state index in [4.69, 9.17) is 9.47 Å². The van der Waals surface area contributed by atoms with Gasteiger partial charge in [0.25, 0.3) is 0 Å². The molecular formula is C14H20O4. The predicted octanol–water partition coefficient (Wildman–Crippen LogP) is 2.42. The first kappa shape index (κ1) is 16.2. The Morgan fingerprint density at radius 1 is 1.28 bits per heavy atom. The highest BCUT2D eigenvalue weighted by molar-refractivity contribution is 5.86. The van der Waals surface area contributed by atoms with Gasteiger partial charge in [-0.1, -0.05) is 24.8 Å². The van der Waals surface area contributed by atoms with E-state index in [0.29, 0.717) is 5.57 Å². The lowest BCUT2D eigenvalue weighted by Crippen LogP contribution is -2.15. The number of ether oxygens (including phenoxy) is 2. The van der Waals surface area contributed by atoms with Crippen LogP contribution in [0.5, 0.6) is 0 Å². The Morgan fingerprint density at radius 3 is 2.39 bits per heavy atom. The molecule has 1 unspecified atom stereocenters. The van der Waals surface area contributed by atoms with Gasteiger partial charge in [-0.05, 0) is 13.8 Å². The molecule has 0 saturated carbocycles. The van der Waals surface area contributed by atoms with Crippen molar-refractivity contribution < 1.29 is 19.1 Å². The van der Waals surface area contributed by atoms with Crippen LogP contribution in [0.25, 0.3) is 0 Å². The molecule has 0 aliphatic heterocycles. The van der Waals surface area contributed by atoms with Gasteiger partial charge in [-0.25, -0.2) is 4.79 Å². The summed E-state index contributed by atoms with van der Waals surface area (Å²) < 4.78 is 9.71. The summed E-state index contributed by atoms with van der Waals surface area (Å²) in [4.78, 5) is 22.4. The predicted molar refractivity (Wildman–Crippen MR) is 69.9 cm³/mol.